The SMILES string of the molecule is CC.CC.CNc1ccccc1C(=O)Nc1ccc(C2CCN(CCN(C)C(=O)OC(C)(C)C)CC2)cc1. The summed E-state index contributed by atoms with van der Waals surface area (Å²) in [7, 11) is 3.60. The average Bonchev–Trinajstić information content (AvgIpc) is 2.93. The Balaban J connectivity index is 0.00000172. The molecule has 2 amide bonds. The molecule has 212 valence electrons. The van der Waals surface area contributed by atoms with E-state index in [-0.39, 0.29) is 12.0 Å². The summed E-state index contributed by atoms with van der Waals surface area (Å²) in [6, 6.07) is 15.7. The van der Waals surface area contributed by atoms with Crippen molar-refractivity contribution in [2.75, 3.05) is 50.9 Å². The van der Waals surface area contributed by atoms with Gasteiger partial charge in [-0.25, -0.2) is 4.79 Å². The first kappa shape index (κ1) is 33.0. The molecular weight excluding hydrogens is 476 g/mol. The van der Waals surface area contributed by atoms with Gasteiger partial charge < -0.3 is 25.2 Å². The molecule has 2 aromatic carbocycles. The van der Waals surface area contributed by atoms with Gasteiger partial charge in [0.2, 0.25) is 0 Å². The molecule has 0 aromatic heterocycles. The molecule has 1 heterocycles. The van der Waals surface area contributed by atoms with Gasteiger partial charge in [-0.3, -0.25) is 4.79 Å². The number of nitrogens with zero attached hydrogens (tertiary/aromatic N) is 2. The number of hydrogen-bond acceptors (Lipinski definition) is 5. The molecule has 3 rings (SSSR count). The van der Waals surface area contributed by atoms with Crippen LogP contribution in [0.1, 0.15) is 83.1 Å². The summed E-state index contributed by atoms with van der Waals surface area (Å²) in [6.07, 6.45) is 1.89. The summed E-state index contributed by atoms with van der Waals surface area (Å²) in [5.74, 6) is 0.386. The van der Waals surface area contributed by atoms with Gasteiger partial charge in [0.05, 0.1) is 5.56 Å². The standard InChI is InChI=1S/C27H38N4O3.2C2H6/c1-27(2,3)34-26(33)30(5)18-19-31-16-14-21(15-17-31)20-10-12-22(13-11-20)29-25(32)23-8-6-7-9-24(23)28-4;2*1-2/h6-13,21,28H,14-19H2,1-5H3,(H,29,32);2*1-2H3. The fourth-order valence-electron chi connectivity index (χ4n) is 4.15. The van der Waals surface area contributed by atoms with Crippen LogP contribution in [0, 0.1) is 0 Å². The van der Waals surface area contributed by atoms with Gasteiger partial charge in [-0.2, -0.15) is 0 Å². The van der Waals surface area contributed by atoms with E-state index in [1.54, 1.807) is 11.9 Å². The molecule has 0 unspecified atom stereocenters. The van der Waals surface area contributed by atoms with E-state index in [4.69, 9.17) is 4.74 Å². The van der Waals surface area contributed by atoms with Gasteiger partial charge in [0.15, 0.2) is 0 Å². The Morgan fingerprint density at radius 3 is 2.11 bits per heavy atom. The Bertz CT molecular complexity index is 962. The van der Waals surface area contributed by atoms with Crippen LogP contribution in [0.3, 0.4) is 0 Å². The first-order valence-electron chi connectivity index (χ1n) is 14.0. The van der Waals surface area contributed by atoms with Crippen molar-refractivity contribution in [2.45, 2.75) is 72.8 Å². The molecule has 2 aromatic rings. The lowest BCUT2D eigenvalue weighted by Gasteiger charge is -2.33. The summed E-state index contributed by atoms with van der Waals surface area (Å²) in [4.78, 5) is 28.8. The fourth-order valence-corrected chi connectivity index (χ4v) is 4.15. The summed E-state index contributed by atoms with van der Waals surface area (Å²) >= 11 is 0. The molecule has 1 aliphatic heterocycles. The normalized spacial score (nSPS) is 13.7. The van der Waals surface area contributed by atoms with Gasteiger partial charge in [-0.1, -0.05) is 52.0 Å². The molecule has 1 saturated heterocycles. The first-order valence-corrected chi connectivity index (χ1v) is 14.0. The number of ether oxygens (including phenoxy) is 1. The second-order valence-electron chi connectivity index (χ2n) is 9.89. The molecule has 0 aliphatic carbocycles. The number of likely N-dealkylation sites (N-methyl/N-ethyl adjacent to an activating group) is 1. The number of nitrogens with one attached hydrogen (secondary N) is 2. The van der Waals surface area contributed by atoms with Crippen molar-refractivity contribution in [1.29, 1.82) is 0 Å². The van der Waals surface area contributed by atoms with Crippen LogP contribution in [-0.4, -0.2) is 67.7 Å². The second-order valence-corrected chi connectivity index (χ2v) is 9.89. The highest BCUT2D eigenvalue weighted by Gasteiger charge is 2.23. The molecule has 1 fully saturated rings. The van der Waals surface area contributed by atoms with Crippen molar-refractivity contribution in [3.63, 3.8) is 0 Å². The molecule has 0 spiro atoms. The number of carbonyl (C=O) groups is 2. The topological polar surface area (TPSA) is 73.9 Å². The van der Waals surface area contributed by atoms with Crippen LogP contribution in [0.25, 0.3) is 0 Å². The highest BCUT2D eigenvalue weighted by Crippen LogP contribution is 2.29. The minimum atomic E-state index is -0.473. The number of piperidine rings is 1. The minimum Gasteiger partial charge on any atom is -0.444 e. The highest BCUT2D eigenvalue weighted by molar-refractivity contribution is 6.08. The molecule has 7 nitrogen and oxygen atoms in total. The highest BCUT2D eigenvalue weighted by atomic mass is 16.6. The van der Waals surface area contributed by atoms with E-state index in [1.165, 1.54) is 5.56 Å². The molecule has 0 atom stereocenters. The lowest BCUT2D eigenvalue weighted by atomic mass is 9.89. The maximum absolute atomic E-state index is 12.6. The number of likely N-dealkylation sites (tertiary alicyclic amines) is 1. The number of carbonyl (C=O) groups excluding carboxylic acids is 2. The lowest BCUT2D eigenvalue weighted by molar-refractivity contribution is 0.0278. The number of hydrogen-bond donors (Lipinski definition) is 2. The average molecular weight is 527 g/mol. The Labute approximate surface area is 230 Å². The zero-order valence-electron chi connectivity index (χ0n) is 25.1. The Morgan fingerprint density at radius 1 is 0.974 bits per heavy atom. The molecule has 38 heavy (non-hydrogen) atoms. The van der Waals surface area contributed by atoms with Crippen molar-refractivity contribution < 1.29 is 14.3 Å². The molecule has 0 saturated carbocycles. The van der Waals surface area contributed by atoms with E-state index < -0.39 is 5.60 Å². The molecule has 0 radical (unpaired) electrons. The zero-order chi connectivity index (χ0) is 28.7. The molecule has 2 N–H and O–H groups in total. The van der Waals surface area contributed by atoms with E-state index in [2.05, 4.69) is 27.7 Å². The van der Waals surface area contributed by atoms with Crippen LogP contribution in [0.4, 0.5) is 16.2 Å². The van der Waals surface area contributed by atoms with Crippen molar-refractivity contribution in [3.8, 4) is 0 Å². The Hall–Kier alpha value is -3.06. The number of benzene rings is 2. The number of para-hydroxylation sites is 1. The maximum Gasteiger partial charge on any atom is 0.410 e. The maximum atomic E-state index is 12.6. The van der Waals surface area contributed by atoms with E-state index in [0.717, 1.165) is 43.9 Å². The summed E-state index contributed by atoms with van der Waals surface area (Å²) < 4.78 is 5.42. The van der Waals surface area contributed by atoms with Crippen LogP contribution >= 0.6 is 0 Å². The van der Waals surface area contributed by atoms with Crippen LogP contribution in [0.5, 0.6) is 0 Å². The van der Waals surface area contributed by atoms with Gasteiger partial charge in [0.1, 0.15) is 5.60 Å². The van der Waals surface area contributed by atoms with Crippen molar-refractivity contribution in [1.82, 2.24) is 9.80 Å². The van der Waals surface area contributed by atoms with E-state index in [1.807, 2.05) is 91.9 Å². The van der Waals surface area contributed by atoms with E-state index >= 15 is 0 Å². The van der Waals surface area contributed by atoms with Crippen LogP contribution < -0.4 is 10.6 Å². The molecule has 7 heteroatoms. The van der Waals surface area contributed by atoms with Crippen molar-refractivity contribution in [2.24, 2.45) is 0 Å². The Morgan fingerprint density at radius 2 is 1.55 bits per heavy atom. The monoisotopic (exact) mass is 526 g/mol. The van der Waals surface area contributed by atoms with Crippen molar-refractivity contribution in [3.05, 3.63) is 59.7 Å². The summed E-state index contributed by atoms with van der Waals surface area (Å²) in [5, 5.41) is 6.05. The number of anilines is 2. The predicted molar refractivity (Wildman–Crippen MR) is 160 cm³/mol. The third-order valence-electron chi connectivity index (χ3n) is 6.13. The quantitative estimate of drug-likeness (QED) is 0.403. The number of amides is 2. The third kappa shape index (κ3) is 10.7. The minimum absolute atomic E-state index is 0.123. The fraction of sp³-hybridized carbons (Fsp3) is 0.548. The van der Waals surface area contributed by atoms with Crippen LogP contribution in [0.15, 0.2) is 48.5 Å². The summed E-state index contributed by atoms with van der Waals surface area (Å²) in [5.41, 5.74) is 3.06. The Kier molecular flexibility index (Phi) is 14.5. The van der Waals surface area contributed by atoms with Crippen molar-refractivity contribution >= 4 is 23.4 Å². The van der Waals surface area contributed by atoms with Gasteiger partial charge in [0.25, 0.3) is 5.91 Å². The smallest absolute Gasteiger partial charge is 0.410 e. The van der Waals surface area contributed by atoms with Crippen LogP contribution in [0.2, 0.25) is 0 Å². The number of rotatable bonds is 7. The van der Waals surface area contributed by atoms with E-state index in [9.17, 15) is 9.59 Å². The zero-order valence-corrected chi connectivity index (χ0v) is 25.1. The van der Waals surface area contributed by atoms with Crippen LogP contribution in [-0.2, 0) is 4.74 Å². The molecule has 1 aliphatic rings. The lowest BCUT2D eigenvalue weighted by Crippen LogP contribution is -2.41. The predicted octanol–water partition coefficient (Wildman–Crippen LogP) is 7.08. The van der Waals surface area contributed by atoms with Gasteiger partial charge in [-0.15, -0.1) is 0 Å². The second kappa shape index (κ2) is 16.7. The third-order valence-corrected chi connectivity index (χ3v) is 6.13. The van der Waals surface area contributed by atoms with E-state index in [0.29, 0.717) is 18.0 Å². The van der Waals surface area contributed by atoms with Gasteiger partial charge in [-0.05, 0) is 82.4 Å². The largest absolute Gasteiger partial charge is 0.444 e. The van der Waals surface area contributed by atoms with Gasteiger partial charge >= 0.3 is 6.09 Å². The molecular formula is C31H50N4O3. The van der Waals surface area contributed by atoms with Gasteiger partial charge in [0, 0.05) is 38.6 Å². The molecule has 0 bridgehead atoms. The first-order chi connectivity index (χ1) is 18.2. The summed E-state index contributed by atoms with van der Waals surface area (Å²) in [6.45, 7) is 17.2.